The van der Waals surface area contributed by atoms with Crippen LogP contribution < -0.4 is 4.74 Å². The summed E-state index contributed by atoms with van der Waals surface area (Å²) in [7, 11) is 0. The number of hydrogen-bond acceptors (Lipinski definition) is 3. The number of nitrogens with zero attached hydrogens (tertiary/aromatic N) is 2. The molecule has 2 aromatic rings. The second-order valence-electron chi connectivity index (χ2n) is 5.08. The van der Waals surface area contributed by atoms with Gasteiger partial charge in [0.25, 0.3) is 0 Å². The number of fused-ring (bicyclic) bond motifs is 1. The number of aliphatic hydroxyl groups excluding tert-OH is 1. The van der Waals surface area contributed by atoms with Gasteiger partial charge in [0.15, 0.2) is 0 Å². The van der Waals surface area contributed by atoms with Gasteiger partial charge in [-0.05, 0) is 24.6 Å². The van der Waals surface area contributed by atoms with Crippen molar-refractivity contribution in [2.24, 2.45) is 0 Å². The molecule has 0 radical (unpaired) electrons. The molecule has 106 valence electrons. The molecule has 5 heteroatoms. The Balaban J connectivity index is 1.85. The second kappa shape index (κ2) is 5.58. The first-order valence-corrected chi connectivity index (χ1v) is 7.63. The first-order chi connectivity index (χ1) is 9.67. The van der Waals surface area contributed by atoms with Crippen LogP contribution >= 0.6 is 15.9 Å². The number of aliphatic hydroxyl groups is 1. The van der Waals surface area contributed by atoms with Crippen LogP contribution in [0.4, 0.5) is 0 Å². The van der Waals surface area contributed by atoms with Crippen LogP contribution in [0.2, 0.25) is 0 Å². The third kappa shape index (κ3) is 2.60. The molecule has 1 aliphatic heterocycles. The van der Waals surface area contributed by atoms with E-state index in [4.69, 9.17) is 4.74 Å². The molecule has 0 saturated carbocycles. The number of halogens is 1. The molecule has 0 aliphatic carbocycles. The zero-order valence-electron chi connectivity index (χ0n) is 11.3. The Hall–Kier alpha value is -1.33. The molecule has 0 bridgehead atoms. The topological polar surface area (TPSA) is 47.3 Å². The van der Waals surface area contributed by atoms with Crippen LogP contribution in [0.3, 0.4) is 0 Å². The number of hydrogen-bond donors (Lipinski definition) is 1. The minimum atomic E-state index is -0.504. The molecule has 3 rings (SSSR count). The van der Waals surface area contributed by atoms with Gasteiger partial charge in [-0.1, -0.05) is 22.9 Å². The van der Waals surface area contributed by atoms with Crippen molar-refractivity contribution in [1.82, 2.24) is 9.78 Å². The van der Waals surface area contributed by atoms with Gasteiger partial charge in [0.05, 0.1) is 12.3 Å². The van der Waals surface area contributed by atoms with Crippen LogP contribution in [0, 0.1) is 0 Å². The molecule has 2 heterocycles. The third-order valence-corrected chi connectivity index (χ3v) is 4.01. The summed E-state index contributed by atoms with van der Waals surface area (Å²) in [6.07, 6.45) is 4.80. The van der Waals surface area contributed by atoms with E-state index in [1.54, 1.807) is 0 Å². The molecule has 1 N–H and O–H groups in total. The molecular formula is C15H17BrN2O2. The van der Waals surface area contributed by atoms with Crippen molar-refractivity contribution >= 4 is 15.9 Å². The molecule has 0 saturated heterocycles. The monoisotopic (exact) mass is 336 g/mol. The number of ether oxygens (including phenoxy) is 1. The lowest BCUT2D eigenvalue weighted by molar-refractivity contribution is 0.0656. The van der Waals surface area contributed by atoms with E-state index in [2.05, 4.69) is 28.0 Å². The summed E-state index contributed by atoms with van der Waals surface area (Å²) in [6.45, 7) is 3.02. The van der Waals surface area contributed by atoms with E-state index in [1.165, 1.54) is 0 Å². The average molecular weight is 337 g/mol. The van der Waals surface area contributed by atoms with Gasteiger partial charge in [-0.25, -0.2) is 0 Å². The Morgan fingerprint density at radius 1 is 1.50 bits per heavy atom. The highest BCUT2D eigenvalue weighted by atomic mass is 79.9. The number of rotatable bonds is 3. The maximum Gasteiger partial charge on any atom is 0.130 e. The van der Waals surface area contributed by atoms with Gasteiger partial charge in [0, 0.05) is 34.8 Å². The van der Waals surface area contributed by atoms with E-state index in [0.29, 0.717) is 6.42 Å². The van der Waals surface area contributed by atoms with E-state index in [-0.39, 0.29) is 6.10 Å². The first-order valence-electron chi connectivity index (χ1n) is 6.84. The fourth-order valence-electron chi connectivity index (χ4n) is 2.52. The van der Waals surface area contributed by atoms with Crippen molar-refractivity contribution in [2.45, 2.75) is 38.5 Å². The molecule has 1 aromatic carbocycles. The molecule has 20 heavy (non-hydrogen) atoms. The van der Waals surface area contributed by atoms with E-state index >= 15 is 0 Å². The van der Waals surface area contributed by atoms with Crippen LogP contribution in [-0.2, 0) is 6.54 Å². The van der Waals surface area contributed by atoms with Gasteiger partial charge in [0.1, 0.15) is 11.9 Å². The van der Waals surface area contributed by atoms with Gasteiger partial charge >= 0.3 is 0 Å². The number of benzene rings is 1. The molecule has 2 atom stereocenters. The van der Waals surface area contributed by atoms with Crippen LogP contribution in [0.15, 0.2) is 35.1 Å². The van der Waals surface area contributed by atoms with E-state index < -0.39 is 6.10 Å². The average Bonchev–Trinajstić information content (AvgIpc) is 2.88. The first kappa shape index (κ1) is 13.6. The lowest BCUT2D eigenvalue weighted by atomic mass is 9.96. The summed E-state index contributed by atoms with van der Waals surface area (Å²) in [6, 6.07) is 5.73. The Labute approximate surface area is 126 Å². The highest BCUT2D eigenvalue weighted by molar-refractivity contribution is 9.10. The molecular weight excluding hydrogens is 320 g/mol. The molecule has 1 unspecified atom stereocenters. The van der Waals surface area contributed by atoms with Crippen molar-refractivity contribution in [3.05, 3.63) is 46.2 Å². The minimum absolute atomic E-state index is 0.135. The van der Waals surface area contributed by atoms with Crippen molar-refractivity contribution < 1.29 is 9.84 Å². The Bertz CT molecular complexity index is 612. The number of aromatic nitrogens is 2. The lowest BCUT2D eigenvalue weighted by Crippen LogP contribution is -2.18. The summed E-state index contributed by atoms with van der Waals surface area (Å²) in [5, 5.41) is 14.6. The SMILES string of the molecule is CCCn1cc(C2C[C@@H](O)c3cc(Br)ccc3O2)cn1. The van der Waals surface area contributed by atoms with E-state index in [1.807, 2.05) is 35.3 Å². The van der Waals surface area contributed by atoms with Gasteiger partial charge in [-0.3, -0.25) is 4.68 Å². The standard InChI is InChI=1S/C15H17BrN2O2/c1-2-5-18-9-10(8-17-18)15-7-13(19)12-6-11(16)3-4-14(12)20-15/h3-4,6,8-9,13,15,19H,2,5,7H2,1H3/t13-,15?/m1/s1. The normalized spacial score (nSPS) is 21.4. The quantitative estimate of drug-likeness (QED) is 0.931. The fourth-order valence-corrected chi connectivity index (χ4v) is 2.90. The maximum atomic E-state index is 10.3. The Morgan fingerprint density at radius 2 is 2.35 bits per heavy atom. The lowest BCUT2D eigenvalue weighted by Gasteiger charge is -2.29. The van der Waals surface area contributed by atoms with Crippen LogP contribution in [0.25, 0.3) is 0 Å². The van der Waals surface area contributed by atoms with Crippen molar-refractivity contribution in [2.75, 3.05) is 0 Å². The predicted molar refractivity (Wildman–Crippen MR) is 79.6 cm³/mol. The smallest absolute Gasteiger partial charge is 0.130 e. The van der Waals surface area contributed by atoms with E-state index in [0.717, 1.165) is 34.3 Å². The predicted octanol–water partition coefficient (Wildman–Crippen LogP) is 3.61. The highest BCUT2D eigenvalue weighted by Gasteiger charge is 2.28. The summed E-state index contributed by atoms with van der Waals surface area (Å²) in [5.41, 5.74) is 1.86. The van der Waals surface area contributed by atoms with Gasteiger partial charge in [-0.2, -0.15) is 5.10 Å². The molecule has 4 nitrogen and oxygen atoms in total. The summed E-state index contributed by atoms with van der Waals surface area (Å²) < 4.78 is 8.87. The summed E-state index contributed by atoms with van der Waals surface area (Å²) in [5.74, 6) is 0.750. The van der Waals surface area contributed by atoms with Crippen molar-refractivity contribution in [3.63, 3.8) is 0 Å². The molecule has 1 aromatic heterocycles. The van der Waals surface area contributed by atoms with Gasteiger partial charge in [-0.15, -0.1) is 0 Å². The van der Waals surface area contributed by atoms with Crippen LogP contribution in [0.1, 0.15) is 43.1 Å². The summed E-state index contributed by atoms with van der Waals surface area (Å²) in [4.78, 5) is 0. The van der Waals surface area contributed by atoms with Gasteiger partial charge in [0.2, 0.25) is 0 Å². The largest absolute Gasteiger partial charge is 0.485 e. The van der Waals surface area contributed by atoms with Gasteiger partial charge < -0.3 is 9.84 Å². The molecule has 0 spiro atoms. The second-order valence-corrected chi connectivity index (χ2v) is 5.99. The Kier molecular flexibility index (Phi) is 3.81. The number of aryl methyl sites for hydroxylation is 1. The van der Waals surface area contributed by atoms with Crippen LogP contribution in [-0.4, -0.2) is 14.9 Å². The maximum absolute atomic E-state index is 10.3. The van der Waals surface area contributed by atoms with Crippen molar-refractivity contribution in [3.8, 4) is 5.75 Å². The van der Waals surface area contributed by atoms with Crippen LogP contribution in [0.5, 0.6) is 5.75 Å². The third-order valence-electron chi connectivity index (χ3n) is 3.52. The molecule has 1 aliphatic rings. The Morgan fingerprint density at radius 3 is 3.15 bits per heavy atom. The zero-order chi connectivity index (χ0) is 14.1. The molecule has 0 amide bonds. The summed E-state index contributed by atoms with van der Waals surface area (Å²) >= 11 is 3.42. The minimum Gasteiger partial charge on any atom is -0.485 e. The van der Waals surface area contributed by atoms with E-state index in [9.17, 15) is 5.11 Å². The fraction of sp³-hybridized carbons (Fsp3) is 0.400. The van der Waals surface area contributed by atoms with Crippen molar-refractivity contribution in [1.29, 1.82) is 0 Å². The molecule has 0 fully saturated rings. The zero-order valence-corrected chi connectivity index (χ0v) is 12.9. The highest BCUT2D eigenvalue weighted by Crippen LogP contribution is 2.41.